The molecule has 0 fully saturated rings. The van der Waals surface area contributed by atoms with Gasteiger partial charge in [-0.05, 0) is 38.4 Å². The van der Waals surface area contributed by atoms with Gasteiger partial charge in [-0.15, -0.1) is 0 Å². The summed E-state index contributed by atoms with van der Waals surface area (Å²) in [6.45, 7) is 2.46. The number of amides is 2. The molecule has 0 radical (unpaired) electrons. The average Bonchev–Trinajstić information content (AvgIpc) is 2.47. The summed E-state index contributed by atoms with van der Waals surface area (Å²) in [5.41, 5.74) is 1.22. The minimum absolute atomic E-state index is 0.0634. The highest BCUT2D eigenvalue weighted by molar-refractivity contribution is 7.88. The second-order valence-corrected chi connectivity index (χ2v) is 8.00. The van der Waals surface area contributed by atoms with Crippen molar-refractivity contribution < 1.29 is 18.0 Å². The van der Waals surface area contributed by atoms with E-state index in [2.05, 4.69) is 10.6 Å². The van der Waals surface area contributed by atoms with E-state index < -0.39 is 10.0 Å². The molecule has 0 spiro atoms. The third-order valence-corrected chi connectivity index (χ3v) is 4.65. The molecular formula is C16H26N4O4S. The van der Waals surface area contributed by atoms with E-state index in [4.69, 9.17) is 0 Å². The van der Waals surface area contributed by atoms with Gasteiger partial charge in [0.05, 0.1) is 6.26 Å². The quantitative estimate of drug-likeness (QED) is 0.670. The van der Waals surface area contributed by atoms with Gasteiger partial charge in [-0.2, -0.15) is 0 Å². The zero-order valence-corrected chi connectivity index (χ0v) is 15.9. The third kappa shape index (κ3) is 8.62. The van der Waals surface area contributed by atoms with Gasteiger partial charge in [0.15, 0.2) is 0 Å². The number of rotatable bonds is 9. The van der Waals surface area contributed by atoms with Crippen molar-refractivity contribution in [2.45, 2.75) is 13.3 Å². The molecule has 0 saturated heterocycles. The summed E-state index contributed by atoms with van der Waals surface area (Å²) in [7, 11) is 0.358. The van der Waals surface area contributed by atoms with Crippen LogP contribution in [0.2, 0.25) is 0 Å². The molecule has 25 heavy (non-hydrogen) atoms. The lowest BCUT2D eigenvalue weighted by Crippen LogP contribution is -2.37. The molecule has 0 aliphatic carbocycles. The normalized spacial score (nSPS) is 11.6. The molecule has 0 aliphatic rings. The number of nitrogens with zero attached hydrogens (tertiary/aromatic N) is 2. The van der Waals surface area contributed by atoms with E-state index in [1.807, 2.05) is 19.0 Å². The van der Waals surface area contributed by atoms with Gasteiger partial charge in [0.2, 0.25) is 21.8 Å². The standard InChI is InChI=1S/C16H26N4O4S/c1-13(21)17-14-5-7-15(8-6-14)18-16(22)9-10-20(25(4,23)24)12-11-19(2)3/h5-8H,9-12H2,1-4H3,(H,17,21)(H,18,22). The van der Waals surface area contributed by atoms with Crippen molar-refractivity contribution in [2.24, 2.45) is 0 Å². The molecule has 2 amide bonds. The highest BCUT2D eigenvalue weighted by Crippen LogP contribution is 2.14. The molecule has 1 aromatic rings. The van der Waals surface area contributed by atoms with Crippen molar-refractivity contribution in [3.8, 4) is 0 Å². The van der Waals surface area contributed by atoms with E-state index in [-0.39, 0.29) is 24.8 Å². The third-order valence-electron chi connectivity index (χ3n) is 3.34. The largest absolute Gasteiger partial charge is 0.326 e. The van der Waals surface area contributed by atoms with E-state index in [0.29, 0.717) is 24.5 Å². The summed E-state index contributed by atoms with van der Waals surface area (Å²) < 4.78 is 24.9. The summed E-state index contributed by atoms with van der Waals surface area (Å²) in [4.78, 5) is 24.9. The molecule has 0 saturated carbocycles. The second-order valence-electron chi connectivity index (χ2n) is 6.02. The first-order chi connectivity index (χ1) is 11.6. The van der Waals surface area contributed by atoms with Crippen molar-refractivity contribution in [1.82, 2.24) is 9.21 Å². The lowest BCUT2D eigenvalue weighted by Gasteiger charge is -2.21. The summed E-state index contributed by atoms with van der Waals surface area (Å²) in [5, 5.41) is 5.35. The van der Waals surface area contributed by atoms with Gasteiger partial charge < -0.3 is 15.5 Å². The molecule has 0 unspecified atom stereocenters. The molecule has 0 bridgehead atoms. The van der Waals surface area contributed by atoms with Crippen LogP contribution in [0, 0.1) is 0 Å². The first kappa shape index (κ1) is 21.1. The molecule has 0 aromatic heterocycles. The highest BCUT2D eigenvalue weighted by Gasteiger charge is 2.17. The van der Waals surface area contributed by atoms with Gasteiger partial charge in [-0.1, -0.05) is 0 Å². The molecule has 9 heteroatoms. The Balaban J connectivity index is 2.55. The van der Waals surface area contributed by atoms with Gasteiger partial charge in [-0.3, -0.25) is 9.59 Å². The fourth-order valence-corrected chi connectivity index (χ4v) is 2.88. The highest BCUT2D eigenvalue weighted by atomic mass is 32.2. The Kier molecular flexibility index (Phi) is 8.01. The number of benzene rings is 1. The van der Waals surface area contributed by atoms with Gasteiger partial charge in [-0.25, -0.2) is 12.7 Å². The number of sulfonamides is 1. The van der Waals surface area contributed by atoms with Crippen LogP contribution in [-0.4, -0.2) is 69.4 Å². The number of carbonyl (C=O) groups is 2. The van der Waals surface area contributed by atoms with Crippen LogP contribution in [0.15, 0.2) is 24.3 Å². The maximum Gasteiger partial charge on any atom is 0.225 e. The first-order valence-electron chi connectivity index (χ1n) is 7.85. The number of hydrogen-bond acceptors (Lipinski definition) is 5. The van der Waals surface area contributed by atoms with Crippen molar-refractivity contribution in [3.63, 3.8) is 0 Å². The van der Waals surface area contributed by atoms with Crippen LogP contribution in [0.4, 0.5) is 11.4 Å². The molecule has 1 aromatic carbocycles. The number of nitrogens with one attached hydrogen (secondary N) is 2. The Bertz CT molecular complexity index is 687. The lowest BCUT2D eigenvalue weighted by atomic mass is 10.2. The Labute approximate surface area is 149 Å². The first-order valence-corrected chi connectivity index (χ1v) is 9.70. The average molecular weight is 370 g/mol. The van der Waals surface area contributed by atoms with E-state index in [1.165, 1.54) is 11.2 Å². The SMILES string of the molecule is CC(=O)Nc1ccc(NC(=O)CCN(CCN(C)C)S(C)(=O)=O)cc1. The molecule has 8 nitrogen and oxygen atoms in total. The zero-order valence-electron chi connectivity index (χ0n) is 15.1. The lowest BCUT2D eigenvalue weighted by molar-refractivity contribution is -0.116. The topological polar surface area (TPSA) is 98.8 Å². The molecule has 1 rings (SSSR count). The number of carbonyl (C=O) groups excluding carboxylic acids is 2. The molecule has 0 heterocycles. The molecule has 0 aliphatic heterocycles. The number of hydrogen-bond donors (Lipinski definition) is 2. The minimum Gasteiger partial charge on any atom is -0.326 e. The Morgan fingerprint density at radius 3 is 1.92 bits per heavy atom. The fourth-order valence-electron chi connectivity index (χ4n) is 2.04. The van der Waals surface area contributed by atoms with Crippen LogP contribution in [-0.2, 0) is 19.6 Å². The Morgan fingerprint density at radius 1 is 0.960 bits per heavy atom. The number of anilines is 2. The van der Waals surface area contributed by atoms with Gasteiger partial charge in [0.1, 0.15) is 0 Å². The Morgan fingerprint density at radius 2 is 1.48 bits per heavy atom. The van der Waals surface area contributed by atoms with Crippen molar-refractivity contribution in [3.05, 3.63) is 24.3 Å². The van der Waals surface area contributed by atoms with Gasteiger partial charge in [0, 0.05) is 44.4 Å². The van der Waals surface area contributed by atoms with Gasteiger partial charge >= 0.3 is 0 Å². The Hall–Kier alpha value is -1.97. The van der Waals surface area contributed by atoms with Crippen molar-refractivity contribution >= 4 is 33.2 Å². The van der Waals surface area contributed by atoms with Crippen LogP contribution in [0.3, 0.4) is 0 Å². The fraction of sp³-hybridized carbons (Fsp3) is 0.500. The molecular weight excluding hydrogens is 344 g/mol. The zero-order chi connectivity index (χ0) is 19.0. The predicted molar refractivity (Wildman–Crippen MR) is 99.0 cm³/mol. The van der Waals surface area contributed by atoms with Crippen molar-refractivity contribution in [2.75, 3.05) is 50.6 Å². The monoisotopic (exact) mass is 370 g/mol. The van der Waals surface area contributed by atoms with E-state index in [0.717, 1.165) is 6.26 Å². The molecule has 0 atom stereocenters. The molecule has 2 N–H and O–H groups in total. The van der Waals surface area contributed by atoms with Crippen LogP contribution < -0.4 is 10.6 Å². The summed E-state index contributed by atoms with van der Waals surface area (Å²) in [6.07, 6.45) is 1.20. The van der Waals surface area contributed by atoms with Crippen molar-refractivity contribution in [1.29, 1.82) is 0 Å². The predicted octanol–water partition coefficient (Wildman–Crippen LogP) is 0.797. The van der Waals surface area contributed by atoms with Crippen LogP contribution in [0.5, 0.6) is 0 Å². The maximum absolute atomic E-state index is 12.0. The van der Waals surface area contributed by atoms with E-state index >= 15 is 0 Å². The van der Waals surface area contributed by atoms with Crippen LogP contribution in [0.25, 0.3) is 0 Å². The summed E-state index contributed by atoms with van der Waals surface area (Å²) in [6, 6.07) is 6.70. The van der Waals surface area contributed by atoms with E-state index in [1.54, 1.807) is 24.3 Å². The second kappa shape index (κ2) is 9.50. The smallest absolute Gasteiger partial charge is 0.225 e. The number of likely N-dealkylation sites (N-methyl/N-ethyl adjacent to an activating group) is 1. The van der Waals surface area contributed by atoms with Gasteiger partial charge in [0.25, 0.3) is 0 Å². The summed E-state index contributed by atoms with van der Waals surface area (Å²) in [5.74, 6) is -0.443. The van der Waals surface area contributed by atoms with E-state index in [9.17, 15) is 18.0 Å². The van der Waals surface area contributed by atoms with Crippen LogP contribution >= 0.6 is 0 Å². The summed E-state index contributed by atoms with van der Waals surface area (Å²) >= 11 is 0. The van der Waals surface area contributed by atoms with Crippen LogP contribution in [0.1, 0.15) is 13.3 Å². The minimum atomic E-state index is -3.36. The maximum atomic E-state index is 12.0. The molecule has 140 valence electrons.